The van der Waals surface area contributed by atoms with E-state index in [1.807, 2.05) is 12.1 Å². The first-order chi connectivity index (χ1) is 7.85. The summed E-state index contributed by atoms with van der Waals surface area (Å²) in [7, 11) is 1.70. The van der Waals surface area contributed by atoms with Crippen LogP contribution in [0.5, 0.6) is 5.75 Å². The number of rotatable bonds is 4. The van der Waals surface area contributed by atoms with Crippen LogP contribution in [0.15, 0.2) is 24.3 Å². The normalized spacial score (nSPS) is 18.6. The predicted octanol–water partition coefficient (Wildman–Crippen LogP) is 3.07. The second-order valence-corrected chi connectivity index (χ2v) is 4.50. The first kappa shape index (κ1) is 11.7. The second-order valence-electron chi connectivity index (χ2n) is 4.19. The molecule has 1 aliphatic heterocycles. The van der Waals surface area contributed by atoms with Gasteiger partial charge in [-0.15, -0.1) is 11.6 Å². The molecular formula is C13H18ClNO. The van der Waals surface area contributed by atoms with Crippen molar-refractivity contribution in [2.75, 3.05) is 26.1 Å². The van der Waals surface area contributed by atoms with Gasteiger partial charge in [-0.25, -0.2) is 0 Å². The van der Waals surface area contributed by atoms with Gasteiger partial charge in [0.25, 0.3) is 0 Å². The van der Waals surface area contributed by atoms with E-state index in [0.717, 1.165) is 18.8 Å². The Balaban J connectivity index is 2.18. The Morgan fingerprint density at radius 3 is 2.75 bits per heavy atom. The molecule has 0 saturated carbocycles. The molecule has 0 aliphatic carbocycles. The molecule has 1 aromatic carbocycles. The van der Waals surface area contributed by atoms with Gasteiger partial charge in [-0.05, 0) is 43.6 Å². The van der Waals surface area contributed by atoms with E-state index in [1.54, 1.807) is 7.11 Å². The molecule has 1 heterocycles. The average Bonchev–Trinajstić information content (AvgIpc) is 2.84. The van der Waals surface area contributed by atoms with E-state index in [2.05, 4.69) is 17.0 Å². The van der Waals surface area contributed by atoms with Gasteiger partial charge in [-0.2, -0.15) is 0 Å². The Morgan fingerprint density at radius 1 is 1.38 bits per heavy atom. The first-order valence-electron chi connectivity index (χ1n) is 5.79. The summed E-state index contributed by atoms with van der Waals surface area (Å²) in [4.78, 5) is 2.46. The highest BCUT2D eigenvalue weighted by atomic mass is 35.5. The van der Waals surface area contributed by atoms with E-state index in [0.29, 0.717) is 11.9 Å². The van der Waals surface area contributed by atoms with E-state index >= 15 is 0 Å². The Labute approximate surface area is 102 Å². The van der Waals surface area contributed by atoms with Gasteiger partial charge in [0.2, 0.25) is 0 Å². The van der Waals surface area contributed by atoms with Crippen LogP contribution in [0.4, 0.5) is 0 Å². The molecule has 0 amide bonds. The zero-order valence-electron chi connectivity index (χ0n) is 9.66. The number of methoxy groups -OCH3 is 1. The van der Waals surface area contributed by atoms with E-state index in [-0.39, 0.29) is 0 Å². The molecule has 2 rings (SSSR count). The molecule has 1 unspecified atom stereocenters. The van der Waals surface area contributed by atoms with Gasteiger partial charge < -0.3 is 4.74 Å². The Morgan fingerprint density at radius 2 is 2.12 bits per heavy atom. The number of alkyl halides is 1. The third-order valence-electron chi connectivity index (χ3n) is 3.21. The summed E-state index contributed by atoms with van der Waals surface area (Å²) < 4.78 is 5.25. The molecule has 0 N–H and O–H groups in total. The number of ether oxygens (including phenoxy) is 1. The van der Waals surface area contributed by atoms with Gasteiger partial charge in [0.1, 0.15) is 5.75 Å². The molecule has 0 bridgehead atoms. The van der Waals surface area contributed by atoms with Gasteiger partial charge in [0.15, 0.2) is 0 Å². The molecule has 88 valence electrons. The van der Waals surface area contributed by atoms with Crippen molar-refractivity contribution in [1.29, 1.82) is 0 Å². The highest BCUT2D eigenvalue weighted by Gasteiger charge is 2.22. The van der Waals surface area contributed by atoms with Crippen molar-refractivity contribution in [3.8, 4) is 5.75 Å². The lowest BCUT2D eigenvalue weighted by atomic mass is 10.1. The Kier molecular flexibility index (Phi) is 4.08. The van der Waals surface area contributed by atoms with Crippen molar-refractivity contribution in [2.45, 2.75) is 18.9 Å². The number of hydrogen-bond acceptors (Lipinski definition) is 2. The molecule has 0 spiro atoms. The molecule has 1 atom stereocenters. The zero-order chi connectivity index (χ0) is 11.4. The summed E-state index contributed by atoms with van der Waals surface area (Å²) >= 11 is 6.10. The predicted molar refractivity (Wildman–Crippen MR) is 67.3 cm³/mol. The molecule has 3 heteroatoms. The standard InChI is InChI=1S/C13H18ClNO/c1-16-12-6-4-5-11(9-12)13(10-14)15-7-2-3-8-15/h4-6,9,13H,2-3,7-8,10H2,1H3. The minimum atomic E-state index is 0.333. The molecule has 1 aromatic rings. The van der Waals surface area contributed by atoms with Crippen molar-refractivity contribution in [1.82, 2.24) is 4.90 Å². The molecule has 2 nitrogen and oxygen atoms in total. The molecule has 0 aromatic heterocycles. The smallest absolute Gasteiger partial charge is 0.119 e. The van der Waals surface area contributed by atoms with Crippen LogP contribution in [-0.4, -0.2) is 31.0 Å². The minimum absolute atomic E-state index is 0.333. The van der Waals surface area contributed by atoms with Gasteiger partial charge in [0, 0.05) is 11.9 Å². The fourth-order valence-electron chi connectivity index (χ4n) is 2.30. The van der Waals surface area contributed by atoms with Crippen LogP contribution in [0.3, 0.4) is 0 Å². The fraction of sp³-hybridized carbons (Fsp3) is 0.538. The second kappa shape index (κ2) is 5.55. The molecule has 16 heavy (non-hydrogen) atoms. The van der Waals surface area contributed by atoms with Crippen LogP contribution in [-0.2, 0) is 0 Å². The van der Waals surface area contributed by atoms with E-state index in [4.69, 9.17) is 16.3 Å². The van der Waals surface area contributed by atoms with Crippen LogP contribution in [0, 0.1) is 0 Å². The van der Waals surface area contributed by atoms with E-state index < -0.39 is 0 Å². The summed E-state index contributed by atoms with van der Waals surface area (Å²) in [5.41, 5.74) is 1.26. The van der Waals surface area contributed by atoms with Gasteiger partial charge in [-0.3, -0.25) is 4.90 Å². The minimum Gasteiger partial charge on any atom is -0.497 e. The van der Waals surface area contributed by atoms with Crippen molar-refractivity contribution in [3.05, 3.63) is 29.8 Å². The molecule has 1 saturated heterocycles. The SMILES string of the molecule is COc1cccc(C(CCl)N2CCCC2)c1. The largest absolute Gasteiger partial charge is 0.497 e. The van der Waals surface area contributed by atoms with Crippen LogP contribution in [0.25, 0.3) is 0 Å². The molecule has 0 radical (unpaired) electrons. The number of benzene rings is 1. The van der Waals surface area contributed by atoms with Crippen LogP contribution in [0.2, 0.25) is 0 Å². The number of hydrogen-bond donors (Lipinski definition) is 0. The van der Waals surface area contributed by atoms with Crippen molar-refractivity contribution in [3.63, 3.8) is 0 Å². The Hall–Kier alpha value is -0.730. The molecular weight excluding hydrogens is 222 g/mol. The monoisotopic (exact) mass is 239 g/mol. The van der Waals surface area contributed by atoms with Crippen LogP contribution in [0.1, 0.15) is 24.4 Å². The topological polar surface area (TPSA) is 12.5 Å². The van der Waals surface area contributed by atoms with Gasteiger partial charge in [-0.1, -0.05) is 12.1 Å². The number of nitrogens with zero attached hydrogens (tertiary/aromatic N) is 1. The van der Waals surface area contributed by atoms with Crippen molar-refractivity contribution < 1.29 is 4.74 Å². The van der Waals surface area contributed by atoms with Crippen LogP contribution >= 0.6 is 11.6 Å². The summed E-state index contributed by atoms with van der Waals surface area (Å²) in [5, 5.41) is 0. The Bertz CT molecular complexity index is 336. The van der Waals surface area contributed by atoms with Crippen molar-refractivity contribution in [2.24, 2.45) is 0 Å². The van der Waals surface area contributed by atoms with E-state index in [1.165, 1.54) is 18.4 Å². The number of likely N-dealkylation sites (tertiary alicyclic amines) is 1. The maximum Gasteiger partial charge on any atom is 0.119 e. The molecule has 1 fully saturated rings. The first-order valence-corrected chi connectivity index (χ1v) is 6.32. The fourth-order valence-corrected chi connectivity index (χ4v) is 2.67. The maximum absolute atomic E-state index is 6.10. The molecule has 1 aliphatic rings. The zero-order valence-corrected chi connectivity index (χ0v) is 10.4. The van der Waals surface area contributed by atoms with Gasteiger partial charge >= 0.3 is 0 Å². The lowest BCUT2D eigenvalue weighted by Crippen LogP contribution is -2.26. The average molecular weight is 240 g/mol. The van der Waals surface area contributed by atoms with E-state index in [9.17, 15) is 0 Å². The third-order valence-corrected chi connectivity index (χ3v) is 3.50. The van der Waals surface area contributed by atoms with Gasteiger partial charge in [0.05, 0.1) is 7.11 Å². The summed E-state index contributed by atoms with van der Waals surface area (Å²) in [6.45, 7) is 2.32. The highest BCUT2D eigenvalue weighted by Crippen LogP contribution is 2.28. The van der Waals surface area contributed by atoms with Crippen LogP contribution < -0.4 is 4.74 Å². The summed E-state index contributed by atoms with van der Waals surface area (Å²) in [5.74, 6) is 1.56. The highest BCUT2D eigenvalue weighted by molar-refractivity contribution is 6.18. The maximum atomic E-state index is 6.10. The third kappa shape index (κ3) is 2.50. The summed E-state index contributed by atoms with van der Waals surface area (Å²) in [6.07, 6.45) is 2.58. The lowest BCUT2D eigenvalue weighted by molar-refractivity contribution is 0.265. The quantitative estimate of drug-likeness (QED) is 0.749. The lowest BCUT2D eigenvalue weighted by Gasteiger charge is -2.26. The summed E-state index contributed by atoms with van der Waals surface area (Å²) in [6, 6.07) is 8.56. The number of halogens is 1. The van der Waals surface area contributed by atoms with Crippen molar-refractivity contribution >= 4 is 11.6 Å².